The number of aliphatic hydroxyl groups is 3. The van der Waals surface area contributed by atoms with Gasteiger partial charge in [-0.25, -0.2) is 0 Å². The normalized spacial score (nSPS) is 44.7. The Labute approximate surface area is 63.0 Å². The van der Waals surface area contributed by atoms with Crippen LogP contribution in [0.15, 0.2) is 0 Å². The largest absolute Gasteiger partial charge is 0.394 e. The fourth-order valence-corrected chi connectivity index (χ4v) is 1.01. The highest BCUT2D eigenvalue weighted by Gasteiger charge is 2.41. The van der Waals surface area contributed by atoms with E-state index in [0.29, 0.717) is 0 Å². The van der Waals surface area contributed by atoms with Crippen molar-refractivity contribution in [3.05, 3.63) is 0 Å². The zero-order valence-corrected chi connectivity index (χ0v) is 5.71. The van der Waals surface area contributed by atoms with Crippen molar-refractivity contribution in [2.45, 2.75) is 24.5 Å². The van der Waals surface area contributed by atoms with Crippen LogP contribution in [0.5, 0.6) is 0 Å². The summed E-state index contributed by atoms with van der Waals surface area (Å²) in [4.78, 5) is 0. The molecule has 0 aromatic carbocycles. The molecule has 0 amide bonds. The van der Waals surface area contributed by atoms with Crippen molar-refractivity contribution in [1.29, 1.82) is 0 Å². The van der Waals surface area contributed by atoms with Crippen molar-refractivity contribution in [1.82, 2.24) is 5.48 Å². The lowest BCUT2D eigenvalue weighted by Crippen LogP contribution is -2.39. The van der Waals surface area contributed by atoms with Crippen LogP contribution >= 0.6 is 0 Å². The molecule has 66 valence electrons. The number of hydroxylamine groups is 1. The predicted molar refractivity (Wildman–Crippen MR) is 32.7 cm³/mol. The molecule has 1 unspecified atom stereocenters. The number of ether oxygens (including phenoxy) is 1. The molecule has 1 fully saturated rings. The maximum absolute atomic E-state index is 9.07. The van der Waals surface area contributed by atoms with Crippen LogP contribution in [0.3, 0.4) is 0 Å². The highest BCUT2D eigenvalue weighted by atomic mass is 16.6. The van der Waals surface area contributed by atoms with Crippen molar-refractivity contribution in [2.75, 3.05) is 6.61 Å². The van der Waals surface area contributed by atoms with Gasteiger partial charge >= 0.3 is 0 Å². The Morgan fingerprint density at radius 1 is 1.27 bits per heavy atom. The molecule has 0 aromatic heterocycles. The van der Waals surface area contributed by atoms with E-state index in [4.69, 9.17) is 25.3 Å². The molecule has 1 saturated heterocycles. The highest BCUT2D eigenvalue weighted by Crippen LogP contribution is 2.18. The molecule has 1 aliphatic rings. The van der Waals surface area contributed by atoms with Crippen LogP contribution in [0.2, 0.25) is 0 Å². The quantitative estimate of drug-likeness (QED) is 0.288. The first-order valence-corrected chi connectivity index (χ1v) is 3.22. The SMILES string of the molecule is OC[C@H]1OC(NO)[C@H](O)[C@@H]1O. The minimum Gasteiger partial charge on any atom is -0.394 e. The molecule has 0 aromatic rings. The summed E-state index contributed by atoms with van der Waals surface area (Å²) >= 11 is 0. The molecular formula is C5H11NO5. The standard InChI is InChI=1S/C5H11NO5/c7-1-2-3(8)4(9)5(6-10)11-2/h2-10H,1H2/t2-,3-,4-,5?/m1/s1. The molecule has 4 atom stereocenters. The molecule has 0 bridgehead atoms. The minimum atomic E-state index is -1.21. The number of hydrogen-bond acceptors (Lipinski definition) is 6. The van der Waals surface area contributed by atoms with Gasteiger partial charge in [-0.2, -0.15) is 5.48 Å². The Morgan fingerprint density at radius 2 is 1.91 bits per heavy atom. The molecule has 0 radical (unpaired) electrons. The fourth-order valence-electron chi connectivity index (χ4n) is 1.01. The summed E-state index contributed by atoms with van der Waals surface area (Å²) in [5.74, 6) is 0. The Balaban J connectivity index is 2.53. The van der Waals surface area contributed by atoms with Crippen molar-refractivity contribution < 1.29 is 25.3 Å². The van der Waals surface area contributed by atoms with E-state index in [0.717, 1.165) is 0 Å². The summed E-state index contributed by atoms with van der Waals surface area (Å²) in [5, 5.41) is 35.0. The van der Waals surface area contributed by atoms with Gasteiger partial charge in [-0.3, -0.25) is 0 Å². The third kappa shape index (κ3) is 1.51. The van der Waals surface area contributed by atoms with Crippen LogP contribution in [0.25, 0.3) is 0 Å². The van der Waals surface area contributed by atoms with E-state index < -0.39 is 31.1 Å². The van der Waals surface area contributed by atoms with Gasteiger partial charge in [0.1, 0.15) is 18.3 Å². The summed E-state index contributed by atoms with van der Waals surface area (Å²) in [5.41, 5.74) is 1.67. The average Bonchev–Trinajstić information content (AvgIpc) is 2.30. The van der Waals surface area contributed by atoms with Gasteiger partial charge in [0.05, 0.1) is 6.61 Å². The lowest BCUT2D eigenvalue weighted by molar-refractivity contribution is -0.0867. The lowest BCUT2D eigenvalue weighted by atomic mass is 10.1. The van der Waals surface area contributed by atoms with Gasteiger partial charge in [0.25, 0.3) is 0 Å². The summed E-state index contributed by atoms with van der Waals surface area (Å²) in [7, 11) is 0. The van der Waals surface area contributed by atoms with E-state index in [1.807, 2.05) is 0 Å². The monoisotopic (exact) mass is 165 g/mol. The summed E-state index contributed by atoms with van der Waals surface area (Å²) in [6.45, 7) is -0.392. The van der Waals surface area contributed by atoms with Crippen molar-refractivity contribution in [2.24, 2.45) is 0 Å². The number of nitrogens with one attached hydrogen (secondary N) is 1. The molecule has 0 saturated carbocycles. The van der Waals surface area contributed by atoms with Gasteiger partial charge in [0.2, 0.25) is 0 Å². The maximum Gasteiger partial charge on any atom is 0.158 e. The van der Waals surface area contributed by atoms with Crippen LogP contribution in [-0.2, 0) is 4.74 Å². The lowest BCUT2D eigenvalue weighted by Gasteiger charge is -2.11. The second-order valence-corrected chi connectivity index (χ2v) is 2.39. The molecule has 1 heterocycles. The fraction of sp³-hybridized carbons (Fsp3) is 1.00. The van der Waals surface area contributed by atoms with Crippen molar-refractivity contribution in [3.8, 4) is 0 Å². The van der Waals surface area contributed by atoms with Crippen molar-refractivity contribution >= 4 is 0 Å². The number of hydrogen-bond donors (Lipinski definition) is 5. The molecule has 0 spiro atoms. The molecule has 11 heavy (non-hydrogen) atoms. The Hall–Kier alpha value is -0.240. The Kier molecular flexibility index (Phi) is 2.77. The van der Waals surface area contributed by atoms with Gasteiger partial charge in [0, 0.05) is 0 Å². The zero-order chi connectivity index (χ0) is 8.43. The van der Waals surface area contributed by atoms with E-state index >= 15 is 0 Å². The van der Waals surface area contributed by atoms with Gasteiger partial charge in [0.15, 0.2) is 6.23 Å². The van der Waals surface area contributed by atoms with E-state index in [9.17, 15) is 0 Å². The average molecular weight is 165 g/mol. The van der Waals surface area contributed by atoms with Gasteiger partial charge in [-0.15, -0.1) is 0 Å². The topological polar surface area (TPSA) is 102 Å². The molecule has 6 nitrogen and oxygen atoms in total. The third-order valence-electron chi connectivity index (χ3n) is 1.67. The second-order valence-electron chi connectivity index (χ2n) is 2.39. The molecule has 1 rings (SSSR count). The highest BCUT2D eigenvalue weighted by molar-refractivity contribution is 4.87. The molecular weight excluding hydrogens is 154 g/mol. The summed E-state index contributed by atoms with van der Waals surface area (Å²) in [6.07, 6.45) is -4.24. The van der Waals surface area contributed by atoms with Crippen LogP contribution in [0.1, 0.15) is 0 Å². The van der Waals surface area contributed by atoms with Crippen LogP contribution in [0, 0.1) is 0 Å². The first-order valence-electron chi connectivity index (χ1n) is 3.22. The molecule has 5 N–H and O–H groups in total. The van der Waals surface area contributed by atoms with E-state index in [1.54, 1.807) is 5.48 Å². The van der Waals surface area contributed by atoms with Gasteiger partial charge < -0.3 is 25.3 Å². The van der Waals surface area contributed by atoms with Crippen molar-refractivity contribution in [3.63, 3.8) is 0 Å². The number of aliphatic hydroxyl groups excluding tert-OH is 3. The van der Waals surface area contributed by atoms with Crippen LogP contribution in [-0.4, -0.2) is 51.7 Å². The molecule has 6 heteroatoms. The maximum atomic E-state index is 9.07. The predicted octanol–water partition coefficient (Wildman–Crippen LogP) is -2.60. The number of rotatable bonds is 2. The third-order valence-corrected chi connectivity index (χ3v) is 1.67. The summed E-state index contributed by atoms with van der Waals surface area (Å²) in [6, 6.07) is 0. The van der Waals surface area contributed by atoms with E-state index in [1.165, 1.54) is 0 Å². The van der Waals surface area contributed by atoms with Gasteiger partial charge in [-0.05, 0) is 0 Å². The zero-order valence-electron chi connectivity index (χ0n) is 5.71. The summed E-state index contributed by atoms with van der Waals surface area (Å²) < 4.78 is 4.77. The van der Waals surface area contributed by atoms with Crippen LogP contribution in [0.4, 0.5) is 0 Å². The Morgan fingerprint density at radius 3 is 2.18 bits per heavy atom. The minimum absolute atomic E-state index is 0.392. The Bertz CT molecular complexity index is 114. The second kappa shape index (κ2) is 3.44. The van der Waals surface area contributed by atoms with E-state index in [-0.39, 0.29) is 0 Å². The first kappa shape index (κ1) is 8.85. The van der Waals surface area contributed by atoms with Crippen LogP contribution < -0.4 is 5.48 Å². The van der Waals surface area contributed by atoms with Gasteiger partial charge in [-0.1, -0.05) is 0 Å². The smallest absolute Gasteiger partial charge is 0.158 e. The molecule has 1 aliphatic heterocycles. The first-order chi connectivity index (χ1) is 5.20. The van der Waals surface area contributed by atoms with E-state index in [2.05, 4.69) is 0 Å². The molecule has 0 aliphatic carbocycles.